The molecule has 1 saturated heterocycles. The number of Topliss-reactive ketones (excluding diaryl/α,β-unsaturated/α-hetero) is 2. The van der Waals surface area contributed by atoms with E-state index in [9.17, 15) is 25.0 Å². The highest BCUT2D eigenvalue weighted by molar-refractivity contribution is 14.1. The van der Waals surface area contributed by atoms with Gasteiger partial charge in [-0.1, -0.05) is 116 Å². The third-order valence-corrected chi connectivity index (χ3v) is 34.4. The van der Waals surface area contributed by atoms with Gasteiger partial charge in [-0.2, -0.15) is 0 Å². The van der Waals surface area contributed by atoms with E-state index in [0.717, 1.165) is 181 Å². The van der Waals surface area contributed by atoms with Gasteiger partial charge in [-0.25, -0.2) is 19.4 Å². The molecule has 8 saturated carbocycles. The highest BCUT2D eigenvalue weighted by Crippen LogP contribution is 2.68. The molecule has 0 spiro atoms. The van der Waals surface area contributed by atoms with E-state index in [1.807, 2.05) is 67.8 Å². The van der Waals surface area contributed by atoms with Gasteiger partial charge in [-0.15, -0.1) is 0 Å². The average Bonchev–Trinajstić information content (AvgIpc) is 1.59. The number of hydrogen-bond donors (Lipinski definition) is 3. The van der Waals surface area contributed by atoms with E-state index in [1.54, 1.807) is 24.8 Å². The Hall–Kier alpha value is -7.96. The summed E-state index contributed by atoms with van der Waals surface area (Å²) in [6, 6.07) is 28.8. The summed E-state index contributed by atoms with van der Waals surface area (Å²) in [5.41, 5.74) is 20.5. The van der Waals surface area contributed by atoms with Crippen LogP contribution in [0.15, 0.2) is 122 Å². The Kier molecular flexibility index (Phi) is 23.9. The van der Waals surface area contributed by atoms with Crippen LogP contribution in [0.1, 0.15) is 271 Å². The van der Waals surface area contributed by atoms with E-state index in [1.165, 1.54) is 114 Å². The van der Waals surface area contributed by atoms with Gasteiger partial charge in [0.25, 0.3) is 0 Å². The predicted octanol–water partition coefficient (Wildman–Crippen LogP) is 23.1. The minimum absolute atomic E-state index is 0.0135. The minimum Gasteiger partial charge on any atom is -0.389 e. The van der Waals surface area contributed by atoms with Crippen molar-refractivity contribution in [3.8, 4) is 0 Å². The molecule has 12 aliphatic carbocycles. The number of aryl methyl sites for hydroxylation is 1. The molecule has 0 radical (unpaired) electrons. The summed E-state index contributed by atoms with van der Waals surface area (Å²) in [4.78, 5) is 47.4. The van der Waals surface area contributed by atoms with Crippen LogP contribution in [-0.4, -0.2) is 61.4 Å². The van der Waals surface area contributed by atoms with E-state index in [0.29, 0.717) is 89.0 Å². The Labute approximate surface area is 698 Å². The normalized spacial score (nSPS) is 33.3. The van der Waals surface area contributed by atoms with Crippen LogP contribution in [0.4, 0.5) is 22.7 Å². The lowest BCUT2D eigenvalue weighted by molar-refractivity contribution is -0.904. The number of rotatable bonds is 4. The van der Waals surface area contributed by atoms with Crippen LogP contribution < -0.4 is 4.73 Å². The summed E-state index contributed by atoms with van der Waals surface area (Å²) < 4.78 is 7.16. The van der Waals surface area contributed by atoms with Crippen molar-refractivity contribution in [3.05, 3.63) is 249 Å². The van der Waals surface area contributed by atoms with Gasteiger partial charge in [0.15, 0.2) is 17.1 Å². The van der Waals surface area contributed by atoms with E-state index in [-0.39, 0.29) is 21.7 Å². The maximum atomic E-state index is 12.4. The van der Waals surface area contributed by atoms with E-state index in [4.69, 9.17) is 31.0 Å². The molecule has 13 nitrogen and oxygen atoms in total. The topological polar surface area (TPSA) is 151 Å². The minimum atomic E-state index is -0.686. The first-order valence-electron chi connectivity index (χ1n) is 43.6. The number of aliphatic hydroxyl groups is 2. The summed E-state index contributed by atoms with van der Waals surface area (Å²) >= 11 is 2.36. The molecule has 1 aliphatic heterocycles. The first-order valence-corrected chi connectivity index (χ1v) is 44.6. The average molecular weight is 1650 g/mol. The lowest BCUT2D eigenvalue weighted by atomic mass is 9.52. The van der Waals surface area contributed by atoms with Gasteiger partial charge >= 0.3 is 0 Å². The Morgan fingerprint density at radius 3 is 1.14 bits per heavy atom. The molecule has 115 heavy (non-hydrogen) atoms. The van der Waals surface area contributed by atoms with Crippen LogP contribution in [0, 0.1) is 127 Å². The summed E-state index contributed by atoms with van der Waals surface area (Å²) in [6.45, 7) is 49.0. The Morgan fingerprint density at radius 1 is 0.426 bits per heavy atom. The van der Waals surface area contributed by atoms with Crippen molar-refractivity contribution in [1.82, 2.24) is 9.97 Å². The van der Waals surface area contributed by atoms with Crippen LogP contribution >= 0.6 is 22.6 Å². The zero-order valence-corrected chi connectivity index (χ0v) is 71.4. The molecular formula is C101H119IN7O6+. The van der Waals surface area contributed by atoms with Crippen molar-refractivity contribution in [1.29, 1.82) is 0 Å². The van der Waals surface area contributed by atoms with Gasteiger partial charge in [-0.3, -0.25) is 24.8 Å². The lowest BCUT2D eigenvalue weighted by Crippen LogP contribution is -2.52. The number of nitrogens with zero attached hydrogens (tertiary/aromatic N) is 7. The second-order valence-electron chi connectivity index (χ2n) is 37.9. The molecule has 4 aromatic carbocycles. The Bertz CT molecular complexity index is 4850. The number of ether oxygens (including phenoxy) is 1. The van der Waals surface area contributed by atoms with Gasteiger partial charge in [-0.05, 0) is 349 Å². The molecular weight excluding hydrogens is 1530 g/mol. The molecule has 9 fully saturated rings. The number of aromatic nitrogens is 3. The predicted molar refractivity (Wildman–Crippen MR) is 461 cm³/mol. The SMILES string of the molecule is C1CCOC1.Cc1ccncc1.[C-]#[N+]c1ccc2c(c1C)CCC1C2CC[C@@]2(C)C1CC[C@@]2(O)Cc1cc[n+](O)cc1.[C-]#[N+]c1ccc2c(c1C)CCC1C2CC[C@@]2(C)C1CC[C@@]2(O)Cc1ccncc1.[C-]#[N+]c1ccc2c(c1C)CCC1C2CC[C@]2(C)C(=O)CCC12.[C-]#[N+]c1ccc2c(c1I)CCC1C2CC[C@]2(C)C(=O)CCC12. The van der Waals surface area contributed by atoms with Gasteiger partial charge in [0.05, 0.1) is 37.5 Å². The fraction of sp³-hybridized carbons (Fsp3) is 0.554. The molecule has 600 valence electrons. The summed E-state index contributed by atoms with van der Waals surface area (Å²) in [6.07, 6.45) is 40.2. The molecule has 0 bridgehead atoms. The molecule has 4 heterocycles. The van der Waals surface area contributed by atoms with Gasteiger partial charge < -0.3 is 14.9 Å². The highest BCUT2D eigenvalue weighted by Gasteiger charge is 2.64. The molecule has 7 aromatic rings. The number of fused-ring (bicyclic) bond motifs is 20. The zero-order chi connectivity index (χ0) is 80.9. The van der Waals surface area contributed by atoms with Crippen LogP contribution in [0.2, 0.25) is 0 Å². The van der Waals surface area contributed by atoms with Crippen LogP contribution in [0.25, 0.3) is 19.4 Å². The molecule has 3 N–H and O–H groups in total. The third-order valence-electron chi connectivity index (χ3n) is 33.2. The van der Waals surface area contributed by atoms with E-state index in [2.05, 4.69) is 137 Å². The van der Waals surface area contributed by atoms with E-state index >= 15 is 0 Å². The van der Waals surface area contributed by atoms with Crippen molar-refractivity contribution in [2.24, 2.45) is 69.0 Å². The molecule has 20 rings (SSSR count). The number of carbonyl (C=O) groups is 2. The maximum absolute atomic E-state index is 12.4. The number of halogens is 1. The van der Waals surface area contributed by atoms with Crippen LogP contribution in [0.3, 0.4) is 0 Å². The second-order valence-corrected chi connectivity index (χ2v) is 39.0. The number of benzene rings is 4. The second kappa shape index (κ2) is 33.4. The van der Waals surface area contributed by atoms with E-state index < -0.39 is 11.2 Å². The van der Waals surface area contributed by atoms with Crippen molar-refractivity contribution in [2.75, 3.05) is 13.2 Å². The third kappa shape index (κ3) is 15.0. The zero-order valence-electron chi connectivity index (χ0n) is 69.3. The largest absolute Gasteiger partial charge is 0.389 e. The molecule has 14 heteroatoms. The summed E-state index contributed by atoms with van der Waals surface area (Å²) in [5.74, 6) is 8.36. The molecule has 0 amide bonds. The molecule has 3 aromatic heterocycles. The molecule has 18 atom stereocenters. The Morgan fingerprint density at radius 2 is 0.774 bits per heavy atom. The molecule has 13 aliphatic rings. The molecule has 12 unspecified atom stereocenters. The van der Waals surface area contributed by atoms with Crippen molar-refractivity contribution >= 4 is 56.9 Å². The smallest absolute Gasteiger partial charge is 0.222 e. The Balaban J connectivity index is 0.000000115. The van der Waals surface area contributed by atoms with Crippen molar-refractivity contribution in [2.45, 2.75) is 270 Å². The van der Waals surface area contributed by atoms with Crippen LogP contribution in [-0.2, 0) is 52.9 Å². The maximum Gasteiger partial charge on any atom is 0.222 e. The number of hydrogen-bond acceptors (Lipinski definition) is 8. The van der Waals surface area contributed by atoms with Gasteiger partial charge in [0.2, 0.25) is 18.1 Å². The first kappa shape index (κ1) is 82.2. The van der Waals surface area contributed by atoms with Crippen molar-refractivity contribution < 1.29 is 34.5 Å². The highest BCUT2D eigenvalue weighted by atomic mass is 127. The quantitative estimate of drug-likeness (QED) is 0.0682. The standard InChI is InChI=1S/C26H31N2O2.C26H30N2O.C20H23NO.C19H20INO.C6H7N.C4H8O/c1-17-19-4-5-22-21(20(19)6-7-24(17)27-3)8-12-25(2)23(22)9-13-26(25,29)16-18-10-14-28(30)15-11-18;1-17-19-4-5-22-21(20(19)6-7-24(17)27-3)8-12-25(2)23(22)9-13-26(25,29)16-18-10-14-28-15-11-18;1-12-13-4-5-16-15(14(13)6-8-18(12)21-3)10-11-20(2)17(16)7-9-19(20)22;1-19-10-9-12-11-5-7-16(21-2)18(20)14(11)4-3-13(12)15(19)6-8-17(19)22;1-6-2-4-7-5-3-6;1-2-4-5-3-1/h6-7,10-11,14-15,21-23,29-30H,4-5,8-9,12-13,16H2,1-2H3;6-7,10-11,14-15,21-23,29H,4-5,8-9,12-13,16H2,1-2H3;6,8,15-17H,4-5,7,9-11H2,1-2H3;5,7,12-13,15H,3-4,6,8-10H2,1H3;2-5H,1H3;1-4H2/q+1;;;;;/t2*21?,22?,23?,25-,26+;15?,16?,17?,20-;12?,13?,15?,19-;;/m0000../s1. The first-order chi connectivity index (χ1) is 55.3. The summed E-state index contributed by atoms with van der Waals surface area (Å²) in [5, 5.41) is 33.2. The monoisotopic (exact) mass is 1650 g/mol. The fourth-order valence-electron chi connectivity index (χ4n) is 26.6. The number of carbonyl (C=O) groups excluding carboxylic acids is 2. The number of ketones is 2. The van der Waals surface area contributed by atoms with Crippen LogP contribution in [0.5, 0.6) is 0 Å². The van der Waals surface area contributed by atoms with Crippen molar-refractivity contribution in [3.63, 3.8) is 0 Å². The summed E-state index contributed by atoms with van der Waals surface area (Å²) in [7, 11) is 0. The van der Waals surface area contributed by atoms with Gasteiger partial charge in [0, 0.05) is 94.9 Å². The number of pyridine rings is 3. The lowest BCUT2D eigenvalue weighted by Gasteiger charge is -2.53. The van der Waals surface area contributed by atoms with Gasteiger partial charge in [0.1, 0.15) is 11.6 Å². The fourth-order valence-corrected chi connectivity index (χ4v) is 27.5.